The van der Waals surface area contributed by atoms with Crippen LogP contribution in [-0.2, 0) is 35.3 Å². The van der Waals surface area contributed by atoms with Gasteiger partial charge in [-0.05, 0) is 61.8 Å². The lowest BCUT2D eigenvalue weighted by Crippen LogP contribution is -2.42. The van der Waals surface area contributed by atoms with Crippen molar-refractivity contribution in [2.75, 3.05) is 6.54 Å². The number of amides is 1. The summed E-state index contributed by atoms with van der Waals surface area (Å²) in [7, 11) is 0. The summed E-state index contributed by atoms with van der Waals surface area (Å²) in [6.07, 6.45) is 4.55. The van der Waals surface area contributed by atoms with Gasteiger partial charge in [-0.1, -0.05) is 24.3 Å². The minimum absolute atomic E-state index is 0.117. The Balaban J connectivity index is 1.40. The predicted octanol–water partition coefficient (Wildman–Crippen LogP) is 3.76. The fourth-order valence-electron chi connectivity index (χ4n) is 3.80. The topological polar surface area (TPSA) is 46.6 Å². The van der Waals surface area contributed by atoms with Crippen LogP contribution in [0.5, 0.6) is 0 Å². The lowest BCUT2D eigenvalue weighted by molar-refractivity contribution is -0.140. The molecule has 1 amide bonds. The molecular weight excluding hydrogens is 346 g/mol. The number of carbonyl (C=O) groups is 2. The Morgan fingerprint density at radius 1 is 1.08 bits per heavy atom. The van der Waals surface area contributed by atoms with E-state index in [9.17, 15) is 9.59 Å². The molecule has 4 rings (SSSR count). The second kappa shape index (κ2) is 7.23. The molecule has 136 valence electrons. The highest BCUT2D eigenvalue weighted by Crippen LogP contribution is 2.30. The molecule has 4 nitrogen and oxygen atoms in total. The van der Waals surface area contributed by atoms with E-state index in [4.69, 9.17) is 4.74 Å². The van der Waals surface area contributed by atoms with Gasteiger partial charge in [-0.15, -0.1) is 11.3 Å². The maximum absolute atomic E-state index is 12.7. The van der Waals surface area contributed by atoms with Crippen molar-refractivity contribution in [1.29, 1.82) is 0 Å². The van der Waals surface area contributed by atoms with Crippen LogP contribution in [0, 0.1) is 0 Å². The van der Waals surface area contributed by atoms with Crippen LogP contribution in [0.2, 0.25) is 0 Å². The van der Waals surface area contributed by atoms with E-state index in [1.807, 2.05) is 18.2 Å². The number of ether oxygens (including phenoxy) is 1. The number of benzene rings is 1. The average Bonchev–Trinajstić information content (AvgIpc) is 3.11. The van der Waals surface area contributed by atoms with Crippen molar-refractivity contribution in [1.82, 2.24) is 4.90 Å². The van der Waals surface area contributed by atoms with E-state index in [1.165, 1.54) is 45.7 Å². The van der Waals surface area contributed by atoms with E-state index >= 15 is 0 Å². The monoisotopic (exact) mass is 369 g/mol. The van der Waals surface area contributed by atoms with E-state index < -0.39 is 6.10 Å². The highest BCUT2D eigenvalue weighted by Gasteiger charge is 2.28. The summed E-state index contributed by atoms with van der Waals surface area (Å²) in [6, 6.07) is 10.1. The van der Waals surface area contributed by atoms with E-state index in [1.54, 1.807) is 11.8 Å². The van der Waals surface area contributed by atoms with Crippen LogP contribution in [0.4, 0.5) is 0 Å². The van der Waals surface area contributed by atoms with Crippen LogP contribution < -0.4 is 0 Å². The van der Waals surface area contributed by atoms with Gasteiger partial charge in [-0.25, -0.2) is 4.79 Å². The molecule has 1 atom stereocenters. The number of esters is 1. The largest absolute Gasteiger partial charge is 0.448 e. The van der Waals surface area contributed by atoms with Crippen LogP contribution in [-0.4, -0.2) is 29.4 Å². The van der Waals surface area contributed by atoms with Gasteiger partial charge >= 0.3 is 5.97 Å². The molecule has 2 aliphatic rings. The minimum atomic E-state index is -0.758. The lowest BCUT2D eigenvalue weighted by atomic mass is 9.99. The molecule has 0 radical (unpaired) electrons. The highest BCUT2D eigenvalue weighted by atomic mass is 32.1. The summed E-state index contributed by atoms with van der Waals surface area (Å²) in [6.45, 7) is 2.93. The van der Waals surface area contributed by atoms with Crippen LogP contribution >= 0.6 is 11.3 Å². The number of fused-ring (bicyclic) bond motifs is 2. The Kier molecular flexibility index (Phi) is 4.81. The third-order valence-electron chi connectivity index (χ3n) is 5.27. The molecule has 0 saturated heterocycles. The maximum atomic E-state index is 12.7. The molecule has 0 bridgehead atoms. The van der Waals surface area contributed by atoms with Crippen LogP contribution in [0.1, 0.15) is 51.0 Å². The van der Waals surface area contributed by atoms with E-state index in [0.29, 0.717) is 18.0 Å². The summed E-state index contributed by atoms with van der Waals surface area (Å²) >= 11 is 1.52. The lowest BCUT2D eigenvalue weighted by Gasteiger charge is -2.30. The van der Waals surface area contributed by atoms with Gasteiger partial charge < -0.3 is 9.64 Å². The van der Waals surface area contributed by atoms with Gasteiger partial charge in [-0.3, -0.25) is 4.79 Å². The van der Waals surface area contributed by atoms with Crippen LogP contribution in [0.15, 0.2) is 30.3 Å². The molecule has 1 aromatic heterocycles. The molecule has 0 spiro atoms. The fourth-order valence-corrected chi connectivity index (χ4v) is 4.94. The minimum Gasteiger partial charge on any atom is -0.448 e. The Morgan fingerprint density at radius 3 is 2.65 bits per heavy atom. The second-order valence-corrected chi connectivity index (χ2v) is 8.23. The van der Waals surface area contributed by atoms with Crippen molar-refractivity contribution in [3.05, 3.63) is 56.8 Å². The Bertz CT molecular complexity index is 818. The molecule has 1 aliphatic heterocycles. The second-order valence-electron chi connectivity index (χ2n) is 7.09. The van der Waals surface area contributed by atoms with Crippen molar-refractivity contribution in [3.8, 4) is 0 Å². The van der Waals surface area contributed by atoms with Gasteiger partial charge in [0.1, 0.15) is 4.88 Å². The molecule has 1 aromatic carbocycles. The van der Waals surface area contributed by atoms with Gasteiger partial charge in [-0.2, -0.15) is 0 Å². The number of carbonyl (C=O) groups excluding carboxylic acids is 2. The summed E-state index contributed by atoms with van der Waals surface area (Å²) in [5, 5.41) is 0. The fraction of sp³-hybridized carbons (Fsp3) is 0.429. The maximum Gasteiger partial charge on any atom is 0.349 e. The zero-order chi connectivity index (χ0) is 18.1. The molecule has 0 saturated carbocycles. The number of aryl methyl sites for hydroxylation is 2. The molecule has 5 heteroatoms. The van der Waals surface area contributed by atoms with Crippen molar-refractivity contribution in [2.24, 2.45) is 0 Å². The number of hydrogen-bond donors (Lipinski definition) is 0. The van der Waals surface area contributed by atoms with Gasteiger partial charge in [0.2, 0.25) is 0 Å². The number of thiophene rings is 1. The normalized spacial score (nSPS) is 17.2. The predicted molar refractivity (Wildman–Crippen MR) is 101 cm³/mol. The van der Waals surface area contributed by atoms with Gasteiger partial charge in [0.05, 0.1) is 0 Å². The Hall–Kier alpha value is -2.14. The third kappa shape index (κ3) is 3.40. The molecule has 0 fully saturated rings. The first-order chi connectivity index (χ1) is 12.6. The van der Waals surface area contributed by atoms with E-state index in [-0.39, 0.29) is 11.9 Å². The summed E-state index contributed by atoms with van der Waals surface area (Å²) in [5.41, 5.74) is 3.75. The van der Waals surface area contributed by atoms with Gasteiger partial charge in [0.15, 0.2) is 6.10 Å². The number of hydrogen-bond acceptors (Lipinski definition) is 4. The Labute approximate surface area is 157 Å². The van der Waals surface area contributed by atoms with Gasteiger partial charge in [0, 0.05) is 18.0 Å². The zero-order valence-corrected chi connectivity index (χ0v) is 15.8. The smallest absolute Gasteiger partial charge is 0.349 e. The first kappa shape index (κ1) is 17.3. The number of nitrogens with zero attached hydrogens (tertiary/aromatic N) is 1. The molecule has 0 unspecified atom stereocenters. The SMILES string of the molecule is C[C@H](OC(=O)c1cc2c(s1)CCCC2)C(=O)N1CCc2ccccc2C1. The van der Waals surface area contributed by atoms with Crippen molar-refractivity contribution >= 4 is 23.2 Å². The van der Waals surface area contributed by atoms with Crippen LogP contribution in [0.3, 0.4) is 0 Å². The standard InChI is InChI=1S/C21H23NO3S/c1-14(20(23)22-11-10-15-6-2-3-8-17(15)13-22)25-21(24)19-12-16-7-4-5-9-18(16)26-19/h2-3,6,8,12,14H,4-5,7,9-11,13H2,1H3/t14-/m0/s1. The van der Waals surface area contributed by atoms with Gasteiger partial charge in [0.25, 0.3) is 5.91 Å². The average molecular weight is 369 g/mol. The third-order valence-corrected chi connectivity index (χ3v) is 6.49. The van der Waals surface area contributed by atoms with Crippen molar-refractivity contribution in [2.45, 2.75) is 51.7 Å². The van der Waals surface area contributed by atoms with Crippen molar-refractivity contribution < 1.29 is 14.3 Å². The summed E-state index contributed by atoms with van der Waals surface area (Å²) in [4.78, 5) is 28.9. The number of rotatable bonds is 3. The molecule has 1 aliphatic carbocycles. The summed E-state index contributed by atoms with van der Waals surface area (Å²) in [5.74, 6) is -0.489. The van der Waals surface area contributed by atoms with E-state index in [2.05, 4.69) is 12.1 Å². The zero-order valence-electron chi connectivity index (χ0n) is 15.0. The van der Waals surface area contributed by atoms with E-state index in [0.717, 1.165) is 19.3 Å². The first-order valence-electron chi connectivity index (χ1n) is 9.30. The van der Waals surface area contributed by atoms with Crippen LogP contribution in [0.25, 0.3) is 0 Å². The molecule has 0 N–H and O–H groups in total. The molecular formula is C21H23NO3S. The quantitative estimate of drug-likeness (QED) is 0.774. The molecule has 26 heavy (non-hydrogen) atoms. The highest BCUT2D eigenvalue weighted by molar-refractivity contribution is 7.14. The van der Waals surface area contributed by atoms with Crippen molar-refractivity contribution in [3.63, 3.8) is 0 Å². The molecule has 2 heterocycles. The first-order valence-corrected chi connectivity index (χ1v) is 10.1. The molecule has 2 aromatic rings. The Morgan fingerprint density at radius 2 is 1.85 bits per heavy atom. The summed E-state index contributed by atoms with van der Waals surface area (Å²) < 4.78 is 5.50.